The Morgan fingerprint density at radius 3 is 2.39 bits per heavy atom. The molecule has 1 aliphatic rings. The van der Waals surface area contributed by atoms with Gasteiger partial charge in [0.1, 0.15) is 0 Å². The van der Waals surface area contributed by atoms with Gasteiger partial charge in [-0.15, -0.1) is 0 Å². The minimum Gasteiger partial charge on any atom is -0.351 e. The van der Waals surface area contributed by atoms with Gasteiger partial charge in [0.2, 0.25) is 15.9 Å². The number of aromatic nitrogens is 1. The fourth-order valence-electron chi connectivity index (χ4n) is 2.96. The quantitative estimate of drug-likeness (QED) is 0.800. The largest absolute Gasteiger partial charge is 0.351 e. The summed E-state index contributed by atoms with van der Waals surface area (Å²) >= 11 is 0. The lowest BCUT2D eigenvalue weighted by atomic mass is 10.1. The second-order valence-corrected chi connectivity index (χ2v) is 8.02. The van der Waals surface area contributed by atoms with Crippen molar-refractivity contribution in [3.63, 3.8) is 0 Å². The van der Waals surface area contributed by atoms with Crippen LogP contribution in [0, 0.1) is 0 Å². The van der Waals surface area contributed by atoms with Gasteiger partial charge in [-0.1, -0.05) is 25.7 Å². The Morgan fingerprint density at radius 2 is 1.83 bits per heavy atom. The molecule has 0 spiro atoms. The predicted molar refractivity (Wildman–Crippen MR) is 89.1 cm³/mol. The maximum Gasteiger partial charge on any atom is 0.235 e. The van der Waals surface area contributed by atoms with E-state index >= 15 is 0 Å². The van der Waals surface area contributed by atoms with Gasteiger partial charge in [0, 0.05) is 25.0 Å². The van der Waals surface area contributed by atoms with Crippen LogP contribution in [0.1, 0.15) is 44.1 Å². The van der Waals surface area contributed by atoms with Crippen molar-refractivity contribution >= 4 is 15.9 Å². The van der Waals surface area contributed by atoms with Gasteiger partial charge < -0.3 is 5.32 Å². The molecule has 1 N–H and O–H groups in total. The maximum atomic E-state index is 12.2. The monoisotopic (exact) mass is 339 g/mol. The van der Waals surface area contributed by atoms with Crippen LogP contribution in [0.5, 0.6) is 0 Å². The molecule has 128 valence electrons. The van der Waals surface area contributed by atoms with E-state index < -0.39 is 10.0 Å². The standard InChI is InChI=1S/C16H25N3O3S/c1-23(21,22)19(15-6-4-2-3-5-7-15)13-16(20)18-12-14-8-10-17-11-9-14/h8-11,15H,2-7,12-13H2,1H3,(H,18,20). The van der Waals surface area contributed by atoms with Crippen molar-refractivity contribution in [2.45, 2.75) is 51.1 Å². The van der Waals surface area contributed by atoms with Crippen LogP contribution in [0.25, 0.3) is 0 Å². The molecule has 23 heavy (non-hydrogen) atoms. The number of sulfonamides is 1. The smallest absolute Gasteiger partial charge is 0.235 e. The molecule has 0 aromatic carbocycles. The van der Waals surface area contributed by atoms with E-state index in [9.17, 15) is 13.2 Å². The normalized spacial score (nSPS) is 17.0. The summed E-state index contributed by atoms with van der Waals surface area (Å²) in [5, 5.41) is 2.78. The van der Waals surface area contributed by atoms with Gasteiger partial charge in [-0.05, 0) is 30.5 Å². The molecular weight excluding hydrogens is 314 g/mol. The summed E-state index contributed by atoms with van der Waals surface area (Å²) < 4.78 is 25.6. The fourth-order valence-corrected chi connectivity index (χ4v) is 4.07. The Morgan fingerprint density at radius 1 is 1.22 bits per heavy atom. The average molecular weight is 339 g/mol. The lowest BCUT2D eigenvalue weighted by molar-refractivity contribution is -0.121. The first-order valence-electron chi connectivity index (χ1n) is 8.09. The van der Waals surface area contributed by atoms with Gasteiger partial charge >= 0.3 is 0 Å². The first-order chi connectivity index (χ1) is 11.0. The van der Waals surface area contributed by atoms with Crippen molar-refractivity contribution < 1.29 is 13.2 Å². The first kappa shape index (κ1) is 17.9. The number of amides is 1. The van der Waals surface area contributed by atoms with Crippen LogP contribution in [0.15, 0.2) is 24.5 Å². The molecule has 1 saturated carbocycles. The zero-order valence-electron chi connectivity index (χ0n) is 13.6. The van der Waals surface area contributed by atoms with E-state index in [0.717, 1.165) is 44.1 Å². The van der Waals surface area contributed by atoms with Crippen molar-refractivity contribution in [1.29, 1.82) is 0 Å². The molecule has 0 radical (unpaired) electrons. The molecule has 1 aromatic rings. The highest BCUT2D eigenvalue weighted by molar-refractivity contribution is 7.88. The van der Waals surface area contributed by atoms with Gasteiger partial charge in [-0.3, -0.25) is 9.78 Å². The summed E-state index contributed by atoms with van der Waals surface area (Å²) in [5.41, 5.74) is 0.939. The van der Waals surface area contributed by atoms with Crippen molar-refractivity contribution in [1.82, 2.24) is 14.6 Å². The molecule has 1 aliphatic carbocycles. The third-order valence-electron chi connectivity index (χ3n) is 4.20. The minimum absolute atomic E-state index is 0.0563. The van der Waals surface area contributed by atoms with E-state index in [1.165, 1.54) is 10.6 Å². The Labute approximate surface area is 138 Å². The van der Waals surface area contributed by atoms with Gasteiger partial charge in [0.15, 0.2) is 0 Å². The molecule has 0 aliphatic heterocycles. The molecule has 0 unspecified atom stereocenters. The molecule has 1 heterocycles. The molecular formula is C16H25N3O3S. The highest BCUT2D eigenvalue weighted by Crippen LogP contribution is 2.23. The van der Waals surface area contributed by atoms with Crippen LogP contribution in [0.4, 0.5) is 0 Å². The van der Waals surface area contributed by atoms with Crippen LogP contribution in [-0.2, 0) is 21.4 Å². The Balaban J connectivity index is 1.95. The number of carbonyl (C=O) groups excluding carboxylic acids is 1. The maximum absolute atomic E-state index is 12.2. The Kier molecular flexibility index (Phi) is 6.53. The number of pyridine rings is 1. The summed E-state index contributed by atoms with van der Waals surface area (Å²) in [6, 6.07) is 3.58. The molecule has 1 aromatic heterocycles. The molecule has 1 fully saturated rings. The van der Waals surface area contributed by atoms with Crippen LogP contribution in [-0.4, -0.2) is 42.5 Å². The number of hydrogen-bond acceptors (Lipinski definition) is 4. The zero-order chi connectivity index (χ0) is 16.7. The van der Waals surface area contributed by atoms with Crippen LogP contribution in [0.2, 0.25) is 0 Å². The minimum atomic E-state index is -3.40. The number of carbonyl (C=O) groups is 1. The highest BCUT2D eigenvalue weighted by Gasteiger charge is 2.29. The lowest BCUT2D eigenvalue weighted by Crippen LogP contribution is -2.45. The second kappa shape index (κ2) is 8.40. The van der Waals surface area contributed by atoms with E-state index in [1.807, 2.05) is 12.1 Å². The molecule has 0 atom stereocenters. The number of nitrogens with zero attached hydrogens (tertiary/aromatic N) is 2. The van der Waals surface area contributed by atoms with Crippen molar-refractivity contribution in [3.05, 3.63) is 30.1 Å². The van der Waals surface area contributed by atoms with Gasteiger partial charge in [0.05, 0.1) is 12.8 Å². The zero-order valence-corrected chi connectivity index (χ0v) is 14.4. The van der Waals surface area contributed by atoms with Crippen molar-refractivity contribution in [2.75, 3.05) is 12.8 Å². The number of rotatable bonds is 6. The van der Waals surface area contributed by atoms with E-state index in [-0.39, 0.29) is 18.5 Å². The Bertz CT molecular complexity index is 596. The number of nitrogens with one attached hydrogen (secondary N) is 1. The second-order valence-electron chi connectivity index (χ2n) is 6.09. The number of hydrogen-bond donors (Lipinski definition) is 1. The summed E-state index contributed by atoms with van der Waals surface area (Å²) in [5.74, 6) is -0.267. The van der Waals surface area contributed by atoms with Crippen LogP contribution < -0.4 is 5.32 Å². The Hall–Kier alpha value is -1.47. The summed E-state index contributed by atoms with van der Waals surface area (Å²) in [6.07, 6.45) is 10.5. The fraction of sp³-hybridized carbons (Fsp3) is 0.625. The summed E-state index contributed by atoms with van der Waals surface area (Å²) in [6.45, 7) is 0.276. The van der Waals surface area contributed by atoms with E-state index in [2.05, 4.69) is 10.3 Å². The molecule has 6 nitrogen and oxygen atoms in total. The van der Waals surface area contributed by atoms with Crippen LogP contribution >= 0.6 is 0 Å². The highest BCUT2D eigenvalue weighted by atomic mass is 32.2. The summed E-state index contributed by atoms with van der Waals surface area (Å²) in [4.78, 5) is 16.1. The van der Waals surface area contributed by atoms with E-state index in [1.54, 1.807) is 12.4 Å². The van der Waals surface area contributed by atoms with Crippen LogP contribution in [0.3, 0.4) is 0 Å². The third-order valence-corrected chi connectivity index (χ3v) is 5.48. The van der Waals surface area contributed by atoms with E-state index in [4.69, 9.17) is 0 Å². The van der Waals surface area contributed by atoms with Crippen molar-refractivity contribution in [3.8, 4) is 0 Å². The lowest BCUT2D eigenvalue weighted by Gasteiger charge is -2.28. The predicted octanol–water partition coefficient (Wildman–Crippen LogP) is 1.68. The van der Waals surface area contributed by atoms with Gasteiger partial charge in [-0.25, -0.2) is 8.42 Å². The SMILES string of the molecule is CS(=O)(=O)N(CC(=O)NCc1ccncc1)C1CCCCCC1. The summed E-state index contributed by atoms with van der Waals surface area (Å²) in [7, 11) is -3.40. The molecule has 7 heteroatoms. The third kappa shape index (κ3) is 5.91. The topological polar surface area (TPSA) is 79.4 Å². The van der Waals surface area contributed by atoms with E-state index in [0.29, 0.717) is 6.54 Å². The first-order valence-corrected chi connectivity index (χ1v) is 9.94. The molecule has 0 bridgehead atoms. The molecule has 1 amide bonds. The van der Waals surface area contributed by atoms with Gasteiger partial charge in [-0.2, -0.15) is 4.31 Å². The average Bonchev–Trinajstić information content (AvgIpc) is 2.79. The van der Waals surface area contributed by atoms with Crippen molar-refractivity contribution in [2.24, 2.45) is 0 Å². The molecule has 0 saturated heterocycles. The molecule has 2 rings (SSSR count). The van der Waals surface area contributed by atoms with Gasteiger partial charge in [0.25, 0.3) is 0 Å².